The molecule has 0 aliphatic rings. The van der Waals surface area contributed by atoms with E-state index < -0.39 is 0 Å². The van der Waals surface area contributed by atoms with Crippen LogP contribution in [-0.4, -0.2) is 18.3 Å². The highest BCUT2D eigenvalue weighted by Crippen LogP contribution is 2.43. The van der Waals surface area contributed by atoms with Gasteiger partial charge in [0.2, 0.25) is 0 Å². The van der Waals surface area contributed by atoms with Crippen LogP contribution >= 0.6 is 0 Å². The van der Waals surface area contributed by atoms with Crippen molar-refractivity contribution in [2.45, 2.75) is 20.8 Å². The first-order chi connectivity index (χ1) is 50.8. The van der Waals surface area contributed by atoms with Gasteiger partial charge in [-0.1, -0.05) is 241 Å². The van der Waals surface area contributed by atoms with Gasteiger partial charge in [-0.3, -0.25) is 0 Å². The monoisotopic (exact) mass is 1310 g/mol. The number of nitrogens with zero attached hydrogens (tertiary/aromatic N) is 4. The molecule has 0 atom stereocenters. The number of aryl methyl sites for hydroxylation is 3. The Labute approximate surface area is 598 Å². The van der Waals surface area contributed by atoms with Crippen molar-refractivity contribution in [2.24, 2.45) is 0 Å². The minimum Gasteiger partial charge on any atom is -0.309 e. The minimum absolute atomic E-state index is 1.16. The zero-order chi connectivity index (χ0) is 68.7. The first kappa shape index (κ1) is 60.9. The molecule has 0 spiro atoms. The van der Waals surface area contributed by atoms with Gasteiger partial charge >= 0.3 is 0 Å². The molecule has 0 N–H and O–H groups in total. The highest BCUT2D eigenvalue weighted by molar-refractivity contribution is 6.15. The van der Waals surface area contributed by atoms with Crippen LogP contribution < -0.4 is 0 Å². The van der Waals surface area contributed by atoms with Gasteiger partial charge in [0, 0.05) is 65.8 Å². The highest BCUT2D eigenvalue weighted by atomic mass is 15.0. The molecular formula is C99H70N4. The van der Waals surface area contributed by atoms with Gasteiger partial charge in [0.1, 0.15) is 0 Å². The zero-order valence-electron chi connectivity index (χ0n) is 57.5. The van der Waals surface area contributed by atoms with Gasteiger partial charge < -0.3 is 18.3 Å². The van der Waals surface area contributed by atoms with E-state index in [1.807, 2.05) is 0 Å². The van der Waals surface area contributed by atoms with E-state index >= 15 is 0 Å². The van der Waals surface area contributed by atoms with Crippen LogP contribution in [0.25, 0.3) is 177 Å². The molecule has 0 saturated carbocycles. The smallest absolute Gasteiger partial charge is 0.0541 e. The summed E-state index contributed by atoms with van der Waals surface area (Å²) in [5, 5.41) is 10.1. The molecule has 0 radical (unpaired) electrons. The van der Waals surface area contributed by atoms with Crippen LogP contribution in [0.15, 0.2) is 370 Å². The lowest BCUT2D eigenvalue weighted by Crippen LogP contribution is -1.94. The number of aromatic nitrogens is 4. The summed E-state index contributed by atoms with van der Waals surface area (Å²) < 4.78 is 9.59. The molecule has 4 nitrogen and oxygen atoms in total. The first-order valence-corrected chi connectivity index (χ1v) is 35.6. The number of fused-ring (bicyclic) bond motifs is 12. The van der Waals surface area contributed by atoms with Crippen LogP contribution in [0.2, 0.25) is 0 Å². The largest absolute Gasteiger partial charge is 0.309 e. The van der Waals surface area contributed by atoms with Crippen LogP contribution in [0.1, 0.15) is 16.7 Å². The van der Waals surface area contributed by atoms with E-state index in [0.29, 0.717) is 0 Å². The summed E-state index contributed by atoms with van der Waals surface area (Å²) in [7, 11) is 0. The molecule has 0 bridgehead atoms. The number of para-hydroxylation sites is 3. The summed E-state index contributed by atoms with van der Waals surface area (Å²) in [6, 6.07) is 135. The van der Waals surface area contributed by atoms with Crippen LogP contribution in [0.4, 0.5) is 0 Å². The summed E-state index contributed by atoms with van der Waals surface area (Å²) >= 11 is 0. The maximum atomic E-state index is 2.41. The summed E-state index contributed by atoms with van der Waals surface area (Å²) in [4.78, 5) is 0. The Morgan fingerprint density at radius 3 is 0.718 bits per heavy atom. The maximum absolute atomic E-state index is 2.41. The van der Waals surface area contributed by atoms with Crippen molar-refractivity contribution in [2.75, 3.05) is 0 Å². The molecule has 0 aliphatic heterocycles. The average Bonchev–Trinajstić information content (AvgIpc) is 1.60. The Bertz CT molecular complexity index is 6650. The number of benzene rings is 16. The molecule has 4 heterocycles. The predicted molar refractivity (Wildman–Crippen MR) is 437 cm³/mol. The van der Waals surface area contributed by atoms with Crippen molar-refractivity contribution in [3.05, 3.63) is 387 Å². The van der Waals surface area contributed by atoms with E-state index in [4.69, 9.17) is 0 Å². The van der Waals surface area contributed by atoms with E-state index in [9.17, 15) is 0 Å². The van der Waals surface area contributed by atoms with Gasteiger partial charge in [0.05, 0.1) is 44.1 Å². The van der Waals surface area contributed by atoms with Gasteiger partial charge in [-0.2, -0.15) is 0 Å². The quantitative estimate of drug-likeness (QED) is 0.130. The fourth-order valence-electron chi connectivity index (χ4n) is 15.9. The summed E-state index contributed by atoms with van der Waals surface area (Å²) in [6.45, 7) is 6.50. The van der Waals surface area contributed by atoms with Gasteiger partial charge in [0.25, 0.3) is 0 Å². The third kappa shape index (κ3) is 10.8. The molecule has 20 rings (SSSR count). The molecule has 16 aromatic carbocycles. The van der Waals surface area contributed by atoms with Crippen molar-refractivity contribution in [1.82, 2.24) is 18.3 Å². The van der Waals surface area contributed by atoms with Crippen molar-refractivity contribution in [3.63, 3.8) is 0 Å². The summed E-state index contributed by atoms with van der Waals surface area (Å²) in [6.07, 6.45) is 0. The molecule has 103 heavy (non-hydrogen) atoms. The second-order valence-electron chi connectivity index (χ2n) is 27.5. The molecule has 0 saturated heterocycles. The third-order valence-electron chi connectivity index (χ3n) is 21.0. The van der Waals surface area contributed by atoms with Gasteiger partial charge in [-0.05, 0) is 233 Å². The Morgan fingerprint density at radius 2 is 0.359 bits per heavy atom. The lowest BCUT2D eigenvalue weighted by atomic mass is 9.99. The second-order valence-corrected chi connectivity index (χ2v) is 27.5. The van der Waals surface area contributed by atoms with Crippen molar-refractivity contribution < 1.29 is 0 Å². The molecule has 0 fully saturated rings. The van der Waals surface area contributed by atoms with Crippen molar-refractivity contribution >= 4 is 87.2 Å². The van der Waals surface area contributed by atoms with E-state index in [-0.39, 0.29) is 0 Å². The SMILES string of the molecule is Cc1ccc(-n2c3ccccc3c3cc(-c4ccc5c(c4)c4cc(C)ccc4n5-c4ccc(-c5cccc(-c6ccccc6)c5)cc4)ccc32)cc1.Cc1ccc2c(c1)c1cc(-c3ccc4c(c3)c3ccccc3n4-c3ccccc3)ccc1n2-c1ccc(-c2cccc(-c3ccccc3)c2)cc1. The van der Waals surface area contributed by atoms with E-state index in [2.05, 4.69) is 409 Å². The number of hydrogen-bond acceptors (Lipinski definition) is 0. The van der Waals surface area contributed by atoms with Crippen LogP contribution in [0.3, 0.4) is 0 Å². The average molecular weight is 1320 g/mol. The highest BCUT2D eigenvalue weighted by Gasteiger charge is 2.20. The molecule has 4 heteroatoms. The van der Waals surface area contributed by atoms with Crippen molar-refractivity contribution in [3.8, 4) is 89.5 Å². The Kier molecular flexibility index (Phi) is 14.9. The van der Waals surface area contributed by atoms with Crippen LogP contribution in [-0.2, 0) is 0 Å². The molecule has 486 valence electrons. The maximum Gasteiger partial charge on any atom is 0.0541 e. The summed E-state index contributed by atoms with van der Waals surface area (Å²) in [5.41, 5.74) is 32.8. The zero-order valence-corrected chi connectivity index (χ0v) is 57.5. The molecule has 0 aliphatic carbocycles. The van der Waals surface area contributed by atoms with Gasteiger partial charge in [-0.15, -0.1) is 0 Å². The van der Waals surface area contributed by atoms with Crippen molar-refractivity contribution in [1.29, 1.82) is 0 Å². The van der Waals surface area contributed by atoms with Gasteiger partial charge in [-0.25, -0.2) is 0 Å². The molecular weight excluding hydrogens is 1250 g/mol. The topological polar surface area (TPSA) is 19.7 Å². The van der Waals surface area contributed by atoms with E-state index in [0.717, 1.165) is 11.4 Å². The third-order valence-corrected chi connectivity index (χ3v) is 21.0. The van der Waals surface area contributed by atoms with E-state index in [1.54, 1.807) is 0 Å². The second kappa shape index (κ2) is 25.2. The molecule has 4 aromatic heterocycles. The molecule has 0 unspecified atom stereocenters. The minimum atomic E-state index is 1.16. The number of rotatable bonds is 10. The number of hydrogen-bond donors (Lipinski definition) is 0. The lowest BCUT2D eigenvalue weighted by Gasteiger charge is -2.11. The normalized spacial score (nSPS) is 11.6. The fraction of sp³-hybridized carbons (Fsp3) is 0.0303. The van der Waals surface area contributed by atoms with E-state index in [1.165, 1.54) is 182 Å². The van der Waals surface area contributed by atoms with Gasteiger partial charge in [0.15, 0.2) is 0 Å². The molecule has 0 amide bonds. The fourth-order valence-corrected chi connectivity index (χ4v) is 15.9. The van der Waals surface area contributed by atoms with Crippen LogP contribution in [0.5, 0.6) is 0 Å². The lowest BCUT2D eigenvalue weighted by molar-refractivity contribution is 1.17. The first-order valence-electron chi connectivity index (χ1n) is 35.6. The predicted octanol–water partition coefficient (Wildman–Crippen LogP) is 26.7. The Hall–Kier alpha value is -13.3. The molecule has 20 aromatic rings. The van der Waals surface area contributed by atoms with Crippen LogP contribution in [0, 0.1) is 20.8 Å². The Morgan fingerprint density at radius 1 is 0.136 bits per heavy atom. The standard InChI is InChI=1S/C50H36N2.C49H34N2/c1-33-15-22-41(23-16-33)51-47-14-7-6-13-43(47)45-31-39(20-27-49(45)51)40-21-28-50-46(32-40)44-29-34(2)17-26-48(44)52(50)42-24-18-36(19-25-42)38-12-8-11-37(30-38)35-9-4-3-5-10-35;1-33-19-26-47-43(29-33)45-32-39(38-22-27-48-44(31-38)42-17-8-9-18-46(42)50(48)40-15-6-3-7-16-40)23-28-49(45)51(47)41-24-20-35(21-25-41)37-14-10-13-36(30-37)34-11-4-2-5-12-34/h3-32H,1-2H3;2-32H,1H3. The Balaban J connectivity index is 0.000000142. The summed E-state index contributed by atoms with van der Waals surface area (Å²) in [5.74, 6) is 0.